The Morgan fingerprint density at radius 2 is 1.61 bits per heavy atom. The van der Waals surface area contributed by atoms with Crippen molar-refractivity contribution in [2.45, 2.75) is 42.8 Å². The second-order valence-corrected chi connectivity index (χ2v) is 9.87. The van der Waals surface area contributed by atoms with Gasteiger partial charge in [0.25, 0.3) is 0 Å². The standard InChI is InChI=1S/C23H20F3NO5S/c24-23(25,26)33(29,30)32-16-11-14-9-10-15(12-16)27(14)22(28)31-13-21-19-7-3-1-5-17(19)18-6-2-4-8-20(18)21/h1-8,11,14-15,21H,9-10,12-13H2. The number of hydrogen-bond donors (Lipinski definition) is 0. The first-order valence-corrected chi connectivity index (χ1v) is 11.9. The monoisotopic (exact) mass is 479 g/mol. The first kappa shape index (κ1) is 21.8. The van der Waals surface area contributed by atoms with Gasteiger partial charge >= 0.3 is 21.7 Å². The zero-order chi connectivity index (χ0) is 23.4. The first-order valence-electron chi connectivity index (χ1n) is 10.5. The number of amides is 1. The Bertz CT molecular complexity index is 1200. The molecule has 0 aromatic heterocycles. The molecule has 0 saturated carbocycles. The summed E-state index contributed by atoms with van der Waals surface area (Å²) in [7, 11) is -5.74. The van der Waals surface area contributed by atoms with Gasteiger partial charge in [0.05, 0.1) is 6.04 Å². The Hall–Kier alpha value is -3.01. The van der Waals surface area contributed by atoms with Crippen LogP contribution in [0.1, 0.15) is 36.3 Å². The molecule has 0 spiro atoms. The van der Waals surface area contributed by atoms with Crippen molar-refractivity contribution in [2.75, 3.05) is 6.61 Å². The number of carbonyl (C=O) groups excluding carboxylic acids is 1. The number of fused-ring (bicyclic) bond motifs is 5. The van der Waals surface area contributed by atoms with Crippen LogP contribution in [0.2, 0.25) is 0 Å². The SMILES string of the molecule is O=C(OCC1c2ccccc2-c2ccccc21)N1C2C=C(OS(=O)(=O)C(F)(F)F)CC1CC2. The van der Waals surface area contributed by atoms with Gasteiger partial charge in [0.2, 0.25) is 0 Å². The third-order valence-corrected chi connectivity index (χ3v) is 7.41. The summed E-state index contributed by atoms with van der Waals surface area (Å²) in [5.74, 6) is -0.405. The molecule has 1 aliphatic carbocycles. The number of alkyl halides is 3. The van der Waals surface area contributed by atoms with E-state index in [0.717, 1.165) is 22.3 Å². The van der Waals surface area contributed by atoms with Crippen LogP contribution in [0.3, 0.4) is 0 Å². The minimum atomic E-state index is -5.74. The van der Waals surface area contributed by atoms with Gasteiger partial charge in [-0.15, -0.1) is 0 Å². The molecule has 2 unspecified atom stereocenters. The maximum absolute atomic E-state index is 12.9. The van der Waals surface area contributed by atoms with Crippen LogP contribution in [0, 0.1) is 0 Å². The number of hydrogen-bond acceptors (Lipinski definition) is 5. The molecular formula is C23H20F3NO5S. The van der Waals surface area contributed by atoms with Crippen molar-refractivity contribution in [3.8, 4) is 11.1 Å². The molecule has 5 rings (SSSR count). The maximum Gasteiger partial charge on any atom is 0.534 e. The molecule has 10 heteroatoms. The van der Waals surface area contributed by atoms with Crippen LogP contribution in [0.15, 0.2) is 60.4 Å². The van der Waals surface area contributed by atoms with Gasteiger partial charge < -0.3 is 8.92 Å². The molecule has 1 amide bonds. The maximum atomic E-state index is 12.9. The lowest BCUT2D eigenvalue weighted by atomic mass is 9.98. The van der Waals surface area contributed by atoms with Gasteiger partial charge in [0.15, 0.2) is 0 Å². The van der Waals surface area contributed by atoms with E-state index in [0.29, 0.717) is 12.8 Å². The number of nitrogens with zero attached hydrogens (tertiary/aromatic N) is 1. The first-order chi connectivity index (χ1) is 15.7. The fraction of sp³-hybridized carbons (Fsp3) is 0.348. The van der Waals surface area contributed by atoms with E-state index in [1.54, 1.807) is 0 Å². The van der Waals surface area contributed by atoms with E-state index >= 15 is 0 Å². The Morgan fingerprint density at radius 1 is 1.00 bits per heavy atom. The second kappa shape index (κ2) is 7.79. The lowest BCUT2D eigenvalue weighted by molar-refractivity contribution is -0.0526. The van der Waals surface area contributed by atoms with Crippen molar-refractivity contribution in [3.63, 3.8) is 0 Å². The number of rotatable bonds is 4. The molecule has 6 nitrogen and oxygen atoms in total. The van der Waals surface area contributed by atoms with Crippen LogP contribution in [-0.4, -0.2) is 43.6 Å². The van der Waals surface area contributed by atoms with E-state index < -0.39 is 33.8 Å². The zero-order valence-electron chi connectivity index (χ0n) is 17.3. The van der Waals surface area contributed by atoms with Gasteiger partial charge in [-0.25, -0.2) is 4.79 Å². The van der Waals surface area contributed by atoms with Crippen molar-refractivity contribution in [2.24, 2.45) is 0 Å². The van der Waals surface area contributed by atoms with Gasteiger partial charge in [-0.1, -0.05) is 48.5 Å². The van der Waals surface area contributed by atoms with E-state index in [1.807, 2.05) is 48.5 Å². The molecule has 2 bridgehead atoms. The molecule has 0 radical (unpaired) electrons. The minimum Gasteiger partial charge on any atom is -0.448 e. The van der Waals surface area contributed by atoms with Gasteiger partial charge in [-0.05, 0) is 41.2 Å². The summed E-state index contributed by atoms with van der Waals surface area (Å²) in [6.07, 6.45) is 1.60. The quantitative estimate of drug-likeness (QED) is 0.460. The molecule has 2 atom stereocenters. The summed E-state index contributed by atoms with van der Waals surface area (Å²) in [5, 5.41) is 0. The number of benzene rings is 2. The van der Waals surface area contributed by atoms with Crippen LogP contribution >= 0.6 is 0 Å². The van der Waals surface area contributed by atoms with Crippen LogP contribution in [0.25, 0.3) is 11.1 Å². The molecule has 0 N–H and O–H groups in total. The fourth-order valence-electron chi connectivity index (χ4n) is 4.99. The predicted molar refractivity (Wildman–Crippen MR) is 112 cm³/mol. The zero-order valence-corrected chi connectivity index (χ0v) is 18.1. The van der Waals surface area contributed by atoms with Crippen molar-refractivity contribution >= 4 is 16.2 Å². The van der Waals surface area contributed by atoms with Crippen LogP contribution in [0.4, 0.5) is 18.0 Å². The molecule has 2 aromatic carbocycles. The fourth-order valence-corrected chi connectivity index (χ4v) is 5.49. The summed E-state index contributed by atoms with van der Waals surface area (Å²) < 4.78 is 70.5. The van der Waals surface area contributed by atoms with Crippen LogP contribution in [0.5, 0.6) is 0 Å². The molecule has 3 aliphatic rings. The lowest BCUT2D eigenvalue weighted by Crippen LogP contribution is -2.44. The highest BCUT2D eigenvalue weighted by atomic mass is 32.2. The molecule has 1 fully saturated rings. The molecule has 33 heavy (non-hydrogen) atoms. The van der Waals surface area contributed by atoms with E-state index in [2.05, 4.69) is 4.18 Å². The molecule has 1 saturated heterocycles. The van der Waals surface area contributed by atoms with Crippen molar-refractivity contribution in [1.29, 1.82) is 0 Å². The smallest absolute Gasteiger partial charge is 0.448 e. The Morgan fingerprint density at radius 3 is 2.18 bits per heavy atom. The van der Waals surface area contributed by atoms with Crippen molar-refractivity contribution < 1.29 is 35.3 Å². The van der Waals surface area contributed by atoms with Crippen molar-refractivity contribution in [1.82, 2.24) is 4.90 Å². The van der Waals surface area contributed by atoms with E-state index in [9.17, 15) is 26.4 Å². The summed E-state index contributed by atoms with van der Waals surface area (Å²) in [4.78, 5) is 14.4. The van der Waals surface area contributed by atoms with Crippen LogP contribution < -0.4 is 0 Å². The highest BCUT2D eigenvalue weighted by Gasteiger charge is 2.50. The molecule has 2 aromatic rings. The Balaban J connectivity index is 1.30. The molecule has 2 aliphatic heterocycles. The second-order valence-electron chi connectivity index (χ2n) is 8.33. The topological polar surface area (TPSA) is 72.9 Å². The minimum absolute atomic E-state index is 0.115. The third-order valence-electron chi connectivity index (χ3n) is 6.41. The normalized spacial score (nSPS) is 21.9. The van der Waals surface area contributed by atoms with Gasteiger partial charge in [-0.3, -0.25) is 4.90 Å². The average Bonchev–Trinajstić information content (AvgIpc) is 3.23. The van der Waals surface area contributed by atoms with E-state index in [-0.39, 0.29) is 24.7 Å². The van der Waals surface area contributed by atoms with Gasteiger partial charge in [-0.2, -0.15) is 21.6 Å². The summed E-state index contributed by atoms with van der Waals surface area (Å²) in [6, 6.07) is 14.8. The van der Waals surface area contributed by atoms with Crippen molar-refractivity contribution in [3.05, 3.63) is 71.5 Å². The highest BCUT2D eigenvalue weighted by molar-refractivity contribution is 7.87. The summed E-state index contributed by atoms with van der Waals surface area (Å²) in [5.41, 5.74) is -1.16. The molecular weight excluding hydrogens is 459 g/mol. The van der Waals surface area contributed by atoms with Crippen LogP contribution in [-0.2, 0) is 19.0 Å². The lowest BCUT2D eigenvalue weighted by Gasteiger charge is -2.33. The highest BCUT2D eigenvalue weighted by Crippen LogP contribution is 2.45. The Kier molecular flexibility index (Phi) is 5.15. The summed E-state index contributed by atoms with van der Waals surface area (Å²) in [6.45, 7) is 0.123. The molecule has 174 valence electrons. The number of carbonyl (C=O) groups is 1. The third kappa shape index (κ3) is 3.76. The number of halogens is 3. The van der Waals surface area contributed by atoms with Gasteiger partial charge in [0.1, 0.15) is 12.4 Å². The van der Waals surface area contributed by atoms with Gasteiger partial charge in [0, 0.05) is 18.4 Å². The predicted octanol–water partition coefficient (Wildman–Crippen LogP) is 4.92. The number of ether oxygens (including phenoxy) is 1. The largest absolute Gasteiger partial charge is 0.534 e. The Labute approximate surface area is 188 Å². The molecule has 2 heterocycles. The van der Waals surface area contributed by atoms with E-state index in [1.165, 1.54) is 11.0 Å². The average molecular weight is 479 g/mol. The summed E-state index contributed by atoms with van der Waals surface area (Å²) >= 11 is 0. The van der Waals surface area contributed by atoms with E-state index in [4.69, 9.17) is 4.74 Å².